The fourth-order valence-electron chi connectivity index (χ4n) is 4.45. The molecule has 3 aromatic rings. The zero-order valence-corrected chi connectivity index (χ0v) is 22.7. The van der Waals surface area contributed by atoms with Crippen LogP contribution in [0.1, 0.15) is 44.6 Å². The minimum Gasteiger partial charge on any atom is -0.444 e. The quantitative estimate of drug-likeness (QED) is 0.478. The number of pyridine rings is 1. The highest BCUT2D eigenvalue weighted by Crippen LogP contribution is 2.26. The maximum absolute atomic E-state index is 14.2. The number of hydrogen-bond donors (Lipinski definition) is 1. The number of nitrogens with one attached hydrogen (secondary N) is 1. The summed E-state index contributed by atoms with van der Waals surface area (Å²) < 4.78 is 38.1. The Morgan fingerprint density at radius 3 is 2.60 bits per heavy atom. The molecule has 4 rings (SSSR count). The van der Waals surface area contributed by atoms with E-state index >= 15 is 0 Å². The first-order chi connectivity index (χ1) is 19.0. The summed E-state index contributed by atoms with van der Waals surface area (Å²) in [6.07, 6.45) is 1.28. The Labute approximate surface area is 230 Å². The van der Waals surface area contributed by atoms with Gasteiger partial charge in [0.2, 0.25) is 5.91 Å². The van der Waals surface area contributed by atoms with Gasteiger partial charge in [0.1, 0.15) is 23.1 Å². The van der Waals surface area contributed by atoms with Gasteiger partial charge in [-0.05, 0) is 58.4 Å². The summed E-state index contributed by atoms with van der Waals surface area (Å²) in [6, 6.07) is 8.73. The highest BCUT2D eigenvalue weighted by molar-refractivity contribution is 5.97. The molecule has 1 aromatic carbocycles. The van der Waals surface area contributed by atoms with Gasteiger partial charge in [-0.3, -0.25) is 14.5 Å². The molecule has 2 atom stereocenters. The minimum atomic E-state index is -0.863. The number of amides is 3. The van der Waals surface area contributed by atoms with E-state index in [1.807, 2.05) is 0 Å². The van der Waals surface area contributed by atoms with Crippen molar-refractivity contribution >= 4 is 23.7 Å². The van der Waals surface area contributed by atoms with E-state index in [4.69, 9.17) is 9.26 Å². The highest BCUT2D eigenvalue weighted by Gasteiger charge is 2.40. The Morgan fingerprint density at radius 2 is 1.95 bits per heavy atom. The average Bonchev–Trinajstić information content (AvgIpc) is 3.39. The lowest BCUT2D eigenvalue weighted by molar-refractivity contribution is -0.124. The lowest BCUT2D eigenvalue weighted by atomic mass is 9.90. The number of halogens is 2. The third-order valence-electron chi connectivity index (χ3n) is 6.35. The molecule has 0 aliphatic carbocycles. The molecule has 1 saturated heterocycles. The van der Waals surface area contributed by atoms with Crippen molar-refractivity contribution in [3.8, 4) is 11.3 Å². The van der Waals surface area contributed by atoms with Crippen LogP contribution in [-0.4, -0.2) is 64.2 Å². The number of nitrogens with zero attached hydrogens (tertiary/aromatic N) is 4. The van der Waals surface area contributed by atoms with Crippen LogP contribution in [0.2, 0.25) is 0 Å². The van der Waals surface area contributed by atoms with Crippen molar-refractivity contribution in [1.82, 2.24) is 20.4 Å². The molecule has 0 radical (unpaired) electrons. The van der Waals surface area contributed by atoms with Crippen molar-refractivity contribution < 1.29 is 32.4 Å². The van der Waals surface area contributed by atoms with E-state index in [1.54, 1.807) is 52.1 Å². The number of carbonyl (C=O) groups is 3. The van der Waals surface area contributed by atoms with Gasteiger partial charge in [-0.25, -0.2) is 18.6 Å². The van der Waals surface area contributed by atoms with Crippen molar-refractivity contribution in [2.45, 2.75) is 45.8 Å². The molecule has 12 heteroatoms. The van der Waals surface area contributed by atoms with Gasteiger partial charge in [0, 0.05) is 44.0 Å². The number of ether oxygens (including phenoxy) is 1. The van der Waals surface area contributed by atoms with E-state index in [0.29, 0.717) is 18.4 Å². The fourth-order valence-corrected chi connectivity index (χ4v) is 4.45. The summed E-state index contributed by atoms with van der Waals surface area (Å²) in [5, 5.41) is 6.57. The third kappa shape index (κ3) is 6.61. The Balaban J connectivity index is 1.56. The molecular formula is C28H31F2N5O5. The molecule has 3 amide bonds. The van der Waals surface area contributed by atoms with Gasteiger partial charge in [0.05, 0.1) is 11.5 Å². The van der Waals surface area contributed by atoms with Crippen LogP contribution in [0.4, 0.5) is 19.4 Å². The number of likely N-dealkylation sites (tertiary alicyclic amines) is 1. The molecule has 212 valence electrons. The highest BCUT2D eigenvalue weighted by atomic mass is 19.1. The van der Waals surface area contributed by atoms with Gasteiger partial charge in [0.15, 0.2) is 11.5 Å². The Kier molecular flexibility index (Phi) is 8.46. The zero-order valence-electron chi connectivity index (χ0n) is 22.7. The van der Waals surface area contributed by atoms with Crippen LogP contribution in [0.15, 0.2) is 53.2 Å². The van der Waals surface area contributed by atoms with Crippen molar-refractivity contribution in [3.05, 3.63) is 66.0 Å². The van der Waals surface area contributed by atoms with Crippen molar-refractivity contribution in [2.24, 2.45) is 5.92 Å². The minimum absolute atomic E-state index is 0.00683. The molecule has 3 heterocycles. The number of piperidine rings is 1. The van der Waals surface area contributed by atoms with E-state index in [-0.39, 0.29) is 42.4 Å². The van der Waals surface area contributed by atoms with Crippen molar-refractivity contribution in [2.75, 3.05) is 24.5 Å². The molecule has 10 nitrogen and oxygen atoms in total. The largest absolute Gasteiger partial charge is 0.444 e. The topological polar surface area (TPSA) is 118 Å². The number of rotatable bonds is 6. The van der Waals surface area contributed by atoms with E-state index in [1.165, 1.54) is 21.9 Å². The number of anilines is 1. The van der Waals surface area contributed by atoms with Crippen LogP contribution in [0.3, 0.4) is 0 Å². The smallest absolute Gasteiger partial charge is 0.410 e. The van der Waals surface area contributed by atoms with Gasteiger partial charge in [0.25, 0.3) is 5.91 Å². The summed E-state index contributed by atoms with van der Waals surface area (Å²) in [4.78, 5) is 47.0. The van der Waals surface area contributed by atoms with Crippen LogP contribution < -0.4 is 10.2 Å². The average molecular weight is 556 g/mol. The first-order valence-corrected chi connectivity index (χ1v) is 12.9. The monoisotopic (exact) mass is 555 g/mol. The standard InChI is InChI=1S/C28H31F2N5O5/c1-5-35(24-8-6-7-12-31-24)26(37)19-16-34(27(38)39-28(2,3)4)13-11-21(19)32-25(36)22-15-23(40-33-22)18-10-9-17(29)14-20(18)30/h6-10,12,14-15,19,21H,5,11,13,16H2,1-4H3,(H,32,36)/t19-,21-/m1/s1. The van der Waals surface area contributed by atoms with Crippen LogP contribution in [0.25, 0.3) is 11.3 Å². The van der Waals surface area contributed by atoms with Gasteiger partial charge >= 0.3 is 6.09 Å². The molecule has 0 saturated carbocycles. The SMILES string of the molecule is CCN(C(=O)[C@@H]1CN(C(=O)OC(C)(C)C)CC[C@H]1NC(=O)c1cc(-c2ccc(F)cc2F)on1)c1ccccn1. The molecule has 0 spiro atoms. The summed E-state index contributed by atoms with van der Waals surface area (Å²) in [7, 11) is 0. The molecule has 1 aliphatic heterocycles. The summed E-state index contributed by atoms with van der Waals surface area (Å²) in [5.41, 5.74) is -0.920. The van der Waals surface area contributed by atoms with E-state index in [0.717, 1.165) is 6.07 Å². The molecule has 1 N–H and O–H groups in total. The van der Waals surface area contributed by atoms with Gasteiger partial charge in [-0.2, -0.15) is 0 Å². The number of aromatic nitrogens is 2. The number of hydrogen-bond acceptors (Lipinski definition) is 7. The van der Waals surface area contributed by atoms with E-state index in [9.17, 15) is 23.2 Å². The molecule has 0 unspecified atom stereocenters. The van der Waals surface area contributed by atoms with E-state index in [2.05, 4.69) is 15.5 Å². The summed E-state index contributed by atoms with van der Waals surface area (Å²) in [6.45, 7) is 7.63. The molecule has 1 aliphatic rings. The molecule has 0 bridgehead atoms. The lowest BCUT2D eigenvalue weighted by Gasteiger charge is -2.40. The second-order valence-corrected chi connectivity index (χ2v) is 10.4. The van der Waals surface area contributed by atoms with Crippen LogP contribution in [0.5, 0.6) is 0 Å². The first-order valence-electron chi connectivity index (χ1n) is 12.9. The summed E-state index contributed by atoms with van der Waals surface area (Å²) in [5.74, 6) is -3.02. The van der Waals surface area contributed by atoms with E-state index < -0.39 is 41.2 Å². The zero-order chi connectivity index (χ0) is 29.0. The first kappa shape index (κ1) is 28.7. The molecule has 1 fully saturated rings. The fraction of sp³-hybridized carbons (Fsp3) is 0.393. The lowest BCUT2D eigenvalue weighted by Crippen LogP contribution is -2.58. The summed E-state index contributed by atoms with van der Waals surface area (Å²) >= 11 is 0. The predicted octanol–water partition coefficient (Wildman–Crippen LogP) is 4.42. The maximum Gasteiger partial charge on any atom is 0.410 e. The van der Waals surface area contributed by atoms with Crippen molar-refractivity contribution in [1.29, 1.82) is 0 Å². The number of carbonyl (C=O) groups excluding carboxylic acids is 3. The normalized spacial score (nSPS) is 17.3. The Bertz CT molecular complexity index is 1370. The van der Waals surface area contributed by atoms with Crippen LogP contribution >= 0.6 is 0 Å². The molecular weight excluding hydrogens is 524 g/mol. The number of benzene rings is 1. The Morgan fingerprint density at radius 1 is 1.18 bits per heavy atom. The van der Waals surface area contributed by atoms with Gasteiger partial charge in [-0.1, -0.05) is 11.2 Å². The maximum atomic E-state index is 14.2. The second kappa shape index (κ2) is 11.8. The van der Waals surface area contributed by atoms with Crippen LogP contribution in [-0.2, 0) is 9.53 Å². The second-order valence-electron chi connectivity index (χ2n) is 10.4. The van der Waals surface area contributed by atoms with Gasteiger partial charge < -0.3 is 19.5 Å². The Hall–Kier alpha value is -4.35. The van der Waals surface area contributed by atoms with Gasteiger partial charge in [-0.15, -0.1) is 0 Å². The third-order valence-corrected chi connectivity index (χ3v) is 6.35. The predicted molar refractivity (Wildman–Crippen MR) is 141 cm³/mol. The molecule has 2 aromatic heterocycles. The van der Waals surface area contributed by atoms with Crippen LogP contribution in [0, 0.1) is 17.6 Å². The molecule has 40 heavy (non-hydrogen) atoms. The van der Waals surface area contributed by atoms with Crippen molar-refractivity contribution in [3.63, 3.8) is 0 Å².